The van der Waals surface area contributed by atoms with E-state index >= 15 is 0 Å². The van der Waals surface area contributed by atoms with E-state index in [-0.39, 0.29) is 23.5 Å². The van der Waals surface area contributed by atoms with Crippen molar-refractivity contribution in [2.45, 2.75) is 20.4 Å². The van der Waals surface area contributed by atoms with E-state index in [4.69, 9.17) is 4.74 Å². The summed E-state index contributed by atoms with van der Waals surface area (Å²) in [5.41, 5.74) is 2.12. The quantitative estimate of drug-likeness (QED) is 0.458. The summed E-state index contributed by atoms with van der Waals surface area (Å²) in [6.45, 7) is 3.66. The van der Waals surface area contributed by atoms with Crippen molar-refractivity contribution in [3.63, 3.8) is 0 Å². The first-order valence-electron chi connectivity index (χ1n) is 8.37. The topological polar surface area (TPSA) is 78.3 Å². The number of hydrogen-bond acceptors (Lipinski definition) is 5. The lowest BCUT2D eigenvalue weighted by Gasteiger charge is -2.10. The molecule has 7 heteroatoms. The highest BCUT2D eigenvalue weighted by molar-refractivity contribution is 9.10. The summed E-state index contributed by atoms with van der Waals surface area (Å²) < 4.78 is 7.52. The smallest absolute Gasteiger partial charge is 0.338 e. The van der Waals surface area contributed by atoms with Crippen LogP contribution in [0.2, 0.25) is 0 Å². The molecule has 0 aliphatic heterocycles. The van der Waals surface area contributed by atoms with Crippen molar-refractivity contribution in [3.8, 4) is 0 Å². The Labute approximate surface area is 163 Å². The fraction of sp³-hybridized carbons (Fsp3) is 0.200. The van der Waals surface area contributed by atoms with Crippen LogP contribution in [0.5, 0.6) is 0 Å². The van der Waals surface area contributed by atoms with Crippen LogP contribution in [0.15, 0.2) is 51.7 Å². The number of nitrogens with zero attached hydrogens (tertiary/aromatic N) is 2. The third kappa shape index (κ3) is 3.98. The van der Waals surface area contributed by atoms with Crippen LogP contribution < -0.4 is 5.56 Å². The molecular weight excluding hydrogens is 412 g/mol. The van der Waals surface area contributed by atoms with Crippen LogP contribution in [0.4, 0.5) is 0 Å². The summed E-state index contributed by atoms with van der Waals surface area (Å²) in [5.74, 6) is -0.909. The maximum absolute atomic E-state index is 12.3. The van der Waals surface area contributed by atoms with Gasteiger partial charge in [0.15, 0.2) is 12.4 Å². The Bertz CT molecular complexity index is 1100. The van der Waals surface area contributed by atoms with Crippen LogP contribution in [-0.4, -0.2) is 27.9 Å². The van der Waals surface area contributed by atoms with Gasteiger partial charge in [-0.15, -0.1) is 0 Å². The van der Waals surface area contributed by atoms with E-state index < -0.39 is 5.97 Å². The standard InChI is InChI=1S/C20H17BrN2O4/c1-3-23-17-8-7-14(10-16(17)22-12(2)19(23)25)20(26)27-11-18(24)13-5-4-6-15(21)9-13/h4-10H,3,11H2,1-2H3. The Hall–Kier alpha value is -2.80. The van der Waals surface area contributed by atoms with E-state index in [9.17, 15) is 14.4 Å². The summed E-state index contributed by atoms with van der Waals surface area (Å²) in [7, 11) is 0. The lowest BCUT2D eigenvalue weighted by molar-refractivity contribution is 0.0475. The molecule has 27 heavy (non-hydrogen) atoms. The van der Waals surface area contributed by atoms with E-state index in [1.54, 1.807) is 47.9 Å². The van der Waals surface area contributed by atoms with E-state index in [1.807, 2.05) is 13.0 Å². The summed E-state index contributed by atoms with van der Waals surface area (Å²) in [6.07, 6.45) is 0. The molecule has 3 aromatic rings. The molecule has 1 heterocycles. The summed E-state index contributed by atoms with van der Waals surface area (Å²) >= 11 is 3.30. The molecule has 138 valence electrons. The molecule has 0 N–H and O–H groups in total. The van der Waals surface area contributed by atoms with Crippen LogP contribution in [0, 0.1) is 6.92 Å². The van der Waals surface area contributed by atoms with Crippen molar-refractivity contribution in [1.82, 2.24) is 9.55 Å². The summed E-state index contributed by atoms with van der Waals surface area (Å²) in [6, 6.07) is 11.7. The average Bonchev–Trinajstić information content (AvgIpc) is 2.66. The van der Waals surface area contributed by atoms with E-state index in [0.717, 1.165) is 4.47 Å². The Morgan fingerprint density at radius 3 is 2.63 bits per heavy atom. The van der Waals surface area contributed by atoms with Crippen molar-refractivity contribution in [1.29, 1.82) is 0 Å². The highest BCUT2D eigenvalue weighted by atomic mass is 79.9. The van der Waals surface area contributed by atoms with Crippen molar-refractivity contribution in [3.05, 3.63) is 74.1 Å². The zero-order valence-corrected chi connectivity index (χ0v) is 16.4. The first kappa shape index (κ1) is 19.0. The van der Waals surface area contributed by atoms with Crippen LogP contribution in [0.25, 0.3) is 11.0 Å². The van der Waals surface area contributed by atoms with Gasteiger partial charge in [0, 0.05) is 16.6 Å². The molecule has 0 atom stereocenters. The number of Topliss-reactive ketones (excluding diaryl/α,β-unsaturated/α-hetero) is 1. The van der Waals surface area contributed by atoms with Gasteiger partial charge in [0.05, 0.1) is 16.6 Å². The molecule has 1 aromatic heterocycles. The van der Waals surface area contributed by atoms with Gasteiger partial charge < -0.3 is 9.30 Å². The molecule has 0 spiro atoms. The molecule has 0 saturated carbocycles. The molecule has 0 unspecified atom stereocenters. The van der Waals surface area contributed by atoms with Gasteiger partial charge in [-0.1, -0.05) is 28.1 Å². The average molecular weight is 429 g/mol. The molecule has 3 rings (SSSR count). The molecule has 0 radical (unpaired) electrons. The van der Waals surface area contributed by atoms with Gasteiger partial charge in [0.1, 0.15) is 5.69 Å². The van der Waals surface area contributed by atoms with Crippen LogP contribution in [0.1, 0.15) is 33.3 Å². The fourth-order valence-corrected chi connectivity index (χ4v) is 3.17. The van der Waals surface area contributed by atoms with E-state index in [0.29, 0.717) is 28.8 Å². The number of esters is 1. The first-order chi connectivity index (χ1) is 12.9. The highest BCUT2D eigenvalue weighted by Gasteiger charge is 2.14. The number of rotatable bonds is 5. The predicted octanol–water partition coefficient (Wildman–Crippen LogP) is 3.53. The zero-order chi connectivity index (χ0) is 19.6. The first-order valence-corrected chi connectivity index (χ1v) is 9.17. The van der Waals surface area contributed by atoms with Gasteiger partial charge in [-0.2, -0.15) is 0 Å². The highest BCUT2D eigenvalue weighted by Crippen LogP contribution is 2.15. The van der Waals surface area contributed by atoms with Crippen LogP contribution in [-0.2, 0) is 11.3 Å². The summed E-state index contributed by atoms with van der Waals surface area (Å²) in [4.78, 5) is 40.9. The molecule has 0 bridgehead atoms. The number of halogens is 1. The molecule has 0 saturated heterocycles. The number of benzene rings is 2. The van der Waals surface area contributed by atoms with E-state index in [2.05, 4.69) is 20.9 Å². The SMILES string of the molecule is CCn1c(=O)c(C)nc2cc(C(=O)OCC(=O)c3cccc(Br)c3)ccc21. The Kier molecular flexibility index (Phi) is 5.51. The molecule has 0 aliphatic rings. The van der Waals surface area contributed by atoms with Crippen molar-refractivity contribution in [2.75, 3.05) is 6.61 Å². The van der Waals surface area contributed by atoms with Gasteiger partial charge in [-0.3, -0.25) is 9.59 Å². The number of aryl methyl sites for hydroxylation is 2. The second-order valence-electron chi connectivity index (χ2n) is 5.96. The third-order valence-electron chi connectivity index (χ3n) is 4.14. The van der Waals surface area contributed by atoms with Gasteiger partial charge in [-0.05, 0) is 44.2 Å². The Morgan fingerprint density at radius 1 is 1.15 bits per heavy atom. The Balaban J connectivity index is 1.81. The number of carbonyl (C=O) groups excluding carboxylic acids is 2. The minimum atomic E-state index is -0.617. The van der Waals surface area contributed by atoms with Crippen LogP contribution in [0.3, 0.4) is 0 Å². The molecule has 0 amide bonds. The normalized spacial score (nSPS) is 10.8. The maximum atomic E-state index is 12.3. The second-order valence-corrected chi connectivity index (χ2v) is 6.88. The number of fused-ring (bicyclic) bond motifs is 1. The number of ether oxygens (including phenoxy) is 1. The second kappa shape index (κ2) is 7.84. The maximum Gasteiger partial charge on any atom is 0.338 e. The lowest BCUT2D eigenvalue weighted by atomic mass is 10.1. The molecule has 0 aliphatic carbocycles. The van der Waals surface area contributed by atoms with Crippen molar-refractivity contribution >= 4 is 38.7 Å². The summed E-state index contributed by atoms with van der Waals surface area (Å²) in [5, 5.41) is 0. The number of carbonyl (C=O) groups is 2. The predicted molar refractivity (Wildman–Crippen MR) is 105 cm³/mol. The minimum Gasteiger partial charge on any atom is -0.454 e. The van der Waals surface area contributed by atoms with Gasteiger partial charge in [0.25, 0.3) is 5.56 Å². The number of hydrogen-bond donors (Lipinski definition) is 0. The van der Waals surface area contributed by atoms with Gasteiger partial charge in [0.2, 0.25) is 0 Å². The third-order valence-corrected chi connectivity index (χ3v) is 4.64. The monoisotopic (exact) mass is 428 g/mol. The van der Waals surface area contributed by atoms with Crippen LogP contribution >= 0.6 is 15.9 Å². The van der Waals surface area contributed by atoms with E-state index in [1.165, 1.54) is 0 Å². The largest absolute Gasteiger partial charge is 0.454 e. The molecule has 0 fully saturated rings. The molecular formula is C20H17BrN2O4. The molecule has 2 aromatic carbocycles. The zero-order valence-electron chi connectivity index (χ0n) is 14.9. The van der Waals surface area contributed by atoms with Gasteiger partial charge >= 0.3 is 5.97 Å². The Morgan fingerprint density at radius 2 is 1.93 bits per heavy atom. The fourth-order valence-electron chi connectivity index (χ4n) is 2.78. The van der Waals surface area contributed by atoms with Crippen molar-refractivity contribution < 1.29 is 14.3 Å². The lowest BCUT2D eigenvalue weighted by Crippen LogP contribution is -2.23. The van der Waals surface area contributed by atoms with Crippen molar-refractivity contribution in [2.24, 2.45) is 0 Å². The number of ketones is 1. The minimum absolute atomic E-state index is 0.153. The molecule has 6 nitrogen and oxygen atoms in total. The van der Waals surface area contributed by atoms with Gasteiger partial charge in [-0.25, -0.2) is 9.78 Å². The number of aromatic nitrogens is 2.